The number of carbonyl (C=O) groups excluding carboxylic acids is 2. The summed E-state index contributed by atoms with van der Waals surface area (Å²) in [4.78, 5) is 24.5. The van der Waals surface area contributed by atoms with Crippen LogP contribution < -0.4 is 10.6 Å². The number of benzene rings is 2. The molecule has 0 bridgehead atoms. The van der Waals surface area contributed by atoms with Gasteiger partial charge in [-0.25, -0.2) is 0 Å². The van der Waals surface area contributed by atoms with Crippen LogP contribution in [0.2, 0.25) is 0 Å². The number of nitrogens with zero attached hydrogens (tertiary/aromatic N) is 1. The highest BCUT2D eigenvalue weighted by Gasteiger charge is 2.21. The van der Waals surface area contributed by atoms with E-state index in [0.717, 1.165) is 11.1 Å². The number of hydrogen-bond donors (Lipinski definition) is 2. The predicted octanol–water partition coefficient (Wildman–Crippen LogP) is 3.02. The highest BCUT2D eigenvalue weighted by atomic mass is 16.5. The average molecular weight is 349 g/mol. The number of hydrogen-bond acceptors (Lipinski definition) is 4. The molecule has 0 saturated heterocycles. The van der Waals surface area contributed by atoms with Gasteiger partial charge in [-0.2, -0.15) is 0 Å². The summed E-state index contributed by atoms with van der Waals surface area (Å²) in [7, 11) is 0. The Labute approximate surface area is 151 Å². The lowest BCUT2D eigenvalue weighted by molar-refractivity contribution is -0.136. The molecule has 3 rings (SSSR count). The second kappa shape index (κ2) is 8.11. The van der Waals surface area contributed by atoms with E-state index in [0.29, 0.717) is 12.2 Å². The first-order chi connectivity index (χ1) is 12.6. The van der Waals surface area contributed by atoms with E-state index in [4.69, 9.17) is 4.52 Å². The van der Waals surface area contributed by atoms with Crippen LogP contribution in [0.3, 0.4) is 0 Å². The van der Waals surface area contributed by atoms with E-state index >= 15 is 0 Å². The van der Waals surface area contributed by atoms with Gasteiger partial charge in [0, 0.05) is 6.07 Å². The third-order valence-electron chi connectivity index (χ3n) is 3.87. The number of nitrogens with one attached hydrogen (secondary N) is 2. The predicted molar refractivity (Wildman–Crippen MR) is 97.3 cm³/mol. The summed E-state index contributed by atoms with van der Waals surface area (Å²) in [5.74, 6) is -0.753. The van der Waals surface area contributed by atoms with Gasteiger partial charge in [-0.15, -0.1) is 0 Å². The fourth-order valence-corrected chi connectivity index (χ4v) is 2.61. The molecule has 0 spiro atoms. The first-order valence-electron chi connectivity index (χ1n) is 8.26. The van der Waals surface area contributed by atoms with Crippen molar-refractivity contribution in [3.05, 3.63) is 83.6 Å². The third kappa shape index (κ3) is 4.57. The van der Waals surface area contributed by atoms with Crippen LogP contribution in [-0.2, 0) is 16.0 Å². The first kappa shape index (κ1) is 17.4. The Morgan fingerprint density at radius 3 is 2.27 bits per heavy atom. The highest BCUT2D eigenvalue weighted by Crippen LogP contribution is 2.18. The quantitative estimate of drug-likeness (QED) is 0.694. The molecule has 2 N–H and O–H groups in total. The lowest BCUT2D eigenvalue weighted by Gasteiger charge is -2.19. The molecule has 3 aromatic rings. The number of aryl methyl sites for hydroxylation is 1. The second-order valence-electron chi connectivity index (χ2n) is 5.90. The lowest BCUT2D eigenvalue weighted by atomic mass is 9.99. The van der Waals surface area contributed by atoms with Crippen molar-refractivity contribution in [3.8, 4) is 0 Å². The van der Waals surface area contributed by atoms with E-state index in [1.807, 2.05) is 60.7 Å². The lowest BCUT2D eigenvalue weighted by Crippen LogP contribution is -2.38. The molecule has 0 unspecified atom stereocenters. The zero-order chi connectivity index (χ0) is 18.4. The molecule has 6 heteroatoms. The first-order valence-corrected chi connectivity index (χ1v) is 8.26. The number of amides is 2. The molecule has 2 amide bonds. The minimum Gasteiger partial charge on any atom is -0.360 e. The Hall–Kier alpha value is -3.41. The summed E-state index contributed by atoms with van der Waals surface area (Å²) < 4.78 is 4.88. The maximum Gasteiger partial charge on any atom is 0.314 e. The normalized spacial score (nSPS) is 11.6. The standard InChI is InChI=1S/C20H19N3O3/c1-14-12-18(23-26-14)22-20(25)19(24)21-17(16-10-6-3-7-11-16)13-15-8-4-2-5-9-15/h2-12,17H,13H2,1H3,(H,21,24)(H,22,23,25)/t17-/m1/s1. The van der Waals surface area contributed by atoms with Crippen molar-refractivity contribution in [2.45, 2.75) is 19.4 Å². The van der Waals surface area contributed by atoms with Crippen LogP contribution in [0.5, 0.6) is 0 Å². The highest BCUT2D eigenvalue weighted by molar-refractivity contribution is 6.39. The number of carbonyl (C=O) groups is 2. The van der Waals surface area contributed by atoms with Crippen LogP contribution in [0.25, 0.3) is 0 Å². The Morgan fingerprint density at radius 1 is 1.00 bits per heavy atom. The fourth-order valence-electron chi connectivity index (χ4n) is 2.61. The smallest absolute Gasteiger partial charge is 0.314 e. The molecule has 0 fully saturated rings. The van der Waals surface area contributed by atoms with E-state index < -0.39 is 11.8 Å². The van der Waals surface area contributed by atoms with Gasteiger partial charge in [0.2, 0.25) is 0 Å². The Bertz CT molecular complexity index is 876. The zero-order valence-corrected chi connectivity index (χ0v) is 14.3. The van der Waals surface area contributed by atoms with Gasteiger partial charge in [0.25, 0.3) is 0 Å². The van der Waals surface area contributed by atoms with E-state index in [1.165, 1.54) is 0 Å². The van der Waals surface area contributed by atoms with Crippen LogP contribution in [-0.4, -0.2) is 17.0 Å². The summed E-state index contributed by atoms with van der Waals surface area (Å²) in [5.41, 5.74) is 1.99. The van der Waals surface area contributed by atoms with Gasteiger partial charge < -0.3 is 9.84 Å². The second-order valence-corrected chi connectivity index (χ2v) is 5.90. The van der Waals surface area contributed by atoms with Gasteiger partial charge in [0.1, 0.15) is 5.76 Å². The molecule has 2 aromatic carbocycles. The molecule has 0 aliphatic rings. The molecule has 0 aliphatic carbocycles. The molecule has 0 aliphatic heterocycles. The minimum absolute atomic E-state index is 0.210. The molecule has 1 heterocycles. The van der Waals surface area contributed by atoms with Crippen LogP contribution in [0, 0.1) is 6.92 Å². The van der Waals surface area contributed by atoms with Crippen molar-refractivity contribution in [1.29, 1.82) is 0 Å². The molecule has 6 nitrogen and oxygen atoms in total. The van der Waals surface area contributed by atoms with Crippen molar-refractivity contribution in [3.63, 3.8) is 0 Å². The van der Waals surface area contributed by atoms with Crippen molar-refractivity contribution >= 4 is 17.6 Å². The Kier molecular flexibility index (Phi) is 5.43. The van der Waals surface area contributed by atoms with E-state index in [1.54, 1.807) is 13.0 Å². The summed E-state index contributed by atoms with van der Waals surface area (Å²) in [6.07, 6.45) is 0.576. The van der Waals surface area contributed by atoms with Gasteiger partial charge in [-0.1, -0.05) is 65.8 Å². The molecule has 132 valence electrons. The molecular formula is C20H19N3O3. The van der Waals surface area contributed by atoms with Crippen molar-refractivity contribution in [2.24, 2.45) is 0 Å². The summed E-state index contributed by atoms with van der Waals surface area (Å²) in [6, 6.07) is 20.6. The largest absolute Gasteiger partial charge is 0.360 e. The molecule has 0 saturated carbocycles. The van der Waals surface area contributed by atoms with Gasteiger partial charge in [0.15, 0.2) is 5.82 Å². The number of rotatable bonds is 5. The van der Waals surface area contributed by atoms with E-state index in [-0.39, 0.29) is 11.9 Å². The van der Waals surface area contributed by atoms with E-state index in [9.17, 15) is 9.59 Å². The monoisotopic (exact) mass is 349 g/mol. The van der Waals surface area contributed by atoms with E-state index in [2.05, 4.69) is 15.8 Å². The zero-order valence-electron chi connectivity index (χ0n) is 14.3. The minimum atomic E-state index is -0.785. The SMILES string of the molecule is Cc1cc(NC(=O)C(=O)N[C@H](Cc2ccccc2)c2ccccc2)no1. The van der Waals surface area contributed by atoms with Crippen molar-refractivity contribution in [1.82, 2.24) is 10.5 Å². The molecule has 26 heavy (non-hydrogen) atoms. The Balaban J connectivity index is 1.72. The van der Waals surface area contributed by atoms with Gasteiger partial charge in [0.05, 0.1) is 6.04 Å². The molecule has 0 radical (unpaired) electrons. The molecular weight excluding hydrogens is 330 g/mol. The third-order valence-corrected chi connectivity index (χ3v) is 3.87. The maximum absolute atomic E-state index is 12.3. The van der Waals surface area contributed by atoms with Crippen molar-refractivity contribution in [2.75, 3.05) is 5.32 Å². The summed E-state index contributed by atoms with van der Waals surface area (Å²) in [5, 5.41) is 8.88. The average Bonchev–Trinajstić information content (AvgIpc) is 3.07. The summed E-state index contributed by atoms with van der Waals surface area (Å²) >= 11 is 0. The van der Waals surface area contributed by atoms with Gasteiger partial charge in [-0.05, 0) is 24.5 Å². The Morgan fingerprint density at radius 2 is 1.65 bits per heavy atom. The van der Waals surface area contributed by atoms with Crippen LogP contribution >= 0.6 is 0 Å². The molecule has 1 atom stereocenters. The topological polar surface area (TPSA) is 84.2 Å². The van der Waals surface area contributed by atoms with Crippen LogP contribution in [0.1, 0.15) is 22.9 Å². The summed E-state index contributed by atoms with van der Waals surface area (Å²) in [6.45, 7) is 1.70. The fraction of sp³-hybridized carbons (Fsp3) is 0.150. The van der Waals surface area contributed by atoms with Crippen molar-refractivity contribution < 1.29 is 14.1 Å². The maximum atomic E-state index is 12.3. The van der Waals surface area contributed by atoms with Crippen LogP contribution in [0.15, 0.2) is 71.3 Å². The molecule has 1 aromatic heterocycles. The van der Waals surface area contributed by atoms with Crippen LogP contribution in [0.4, 0.5) is 5.82 Å². The number of aromatic nitrogens is 1. The van der Waals surface area contributed by atoms with Gasteiger partial charge in [-0.3, -0.25) is 14.9 Å². The van der Waals surface area contributed by atoms with Gasteiger partial charge >= 0.3 is 11.8 Å². The number of anilines is 1.